The van der Waals surface area contributed by atoms with E-state index in [1.54, 1.807) is 18.4 Å². The number of carbonyl (C=O) groups excluding carboxylic acids is 1. The molecule has 0 aliphatic carbocycles. The van der Waals surface area contributed by atoms with E-state index in [2.05, 4.69) is 26.1 Å². The summed E-state index contributed by atoms with van der Waals surface area (Å²) in [6.07, 6.45) is 1.67. The van der Waals surface area contributed by atoms with Gasteiger partial charge in [0.25, 0.3) is 5.91 Å². The fraction of sp³-hybridized carbons (Fsp3) is 0.353. The Morgan fingerprint density at radius 2 is 1.96 bits per heavy atom. The van der Waals surface area contributed by atoms with Gasteiger partial charge in [0, 0.05) is 29.7 Å². The van der Waals surface area contributed by atoms with Gasteiger partial charge >= 0.3 is 0 Å². The summed E-state index contributed by atoms with van der Waals surface area (Å²) in [6, 6.07) is 11.2. The number of amides is 1. The van der Waals surface area contributed by atoms with Crippen LogP contribution in [0.2, 0.25) is 0 Å². The van der Waals surface area contributed by atoms with Gasteiger partial charge in [0.15, 0.2) is 0 Å². The first kappa shape index (κ1) is 16.2. The Balaban J connectivity index is 1.66. The highest BCUT2D eigenvalue weighted by Crippen LogP contribution is 2.22. The van der Waals surface area contributed by atoms with Gasteiger partial charge in [-0.1, -0.05) is 15.9 Å². The first-order valence-corrected chi connectivity index (χ1v) is 8.42. The third-order valence-corrected chi connectivity index (χ3v) is 4.45. The number of nitrogens with one attached hydrogen (secondary N) is 1. The first-order valence-electron chi connectivity index (χ1n) is 7.63. The maximum absolute atomic E-state index is 12.3. The van der Waals surface area contributed by atoms with Crippen LogP contribution in [0.15, 0.2) is 51.6 Å². The van der Waals surface area contributed by atoms with Crippen LogP contribution >= 0.6 is 15.9 Å². The van der Waals surface area contributed by atoms with E-state index in [-0.39, 0.29) is 11.9 Å². The molecule has 1 N–H and O–H groups in total. The number of rotatable bonds is 5. The van der Waals surface area contributed by atoms with Crippen molar-refractivity contribution in [2.24, 2.45) is 0 Å². The highest BCUT2D eigenvalue weighted by atomic mass is 79.9. The van der Waals surface area contributed by atoms with Gasteiger partial charge in [0.05, 0.1) is 25.5 Å². The predicted molar refractivity (Wildman–Crippen MR) is 90.3 cm³/mol. The molecular formula is C17H19BrN2O3. The second kappa shape index (κ2) is 7.77. The molecule has 122 valence electrons. The lowest BCUT2D eigenvalue weighted by atomic mass is 10.1. The molecule has 6 heteroatoms. The van der Waals surface area contributed by atoms with Gasteiger partial charge in [-0.25, -0.2) is 0 Å². The predicted octanol–water partition coefficient (Wildman–Crippen LogP) is 2.85. The fourth-order valence-electron chi connectivity index (χ4n) is 2.67. The van der Waals surface area contributed by atoms with Crippen molar-refractivity contribution in [3.63, 3.8) is 0 Å². The quantitative estimate of drug-likeness (QED) is 0.868. The zero-order chi connectivity index (χ0) is 16.1. The topological polar surface area (TPSA) is 54.7 Å². The standard InChI is InChI=1S/C17H19BrN2O3/c18-14-5-3-13(4-6-14)17(21)19-12-15(16-2-1-9-23-16)20-7-10-22-11-8-20/h1-6,9,15H,7-8,10-12H2,(H,19,21)/t15-/m0/s1. The lowest BCUT2D eigenvalue weighted by Gasteiger charge is -2.33. The van der Waals surface area contributed by atoms with Gasteiger partial charge in [-0.2, -0.15) is 0 Å². The molecule has 2 heterocycles. The number of morpholine rings is 1. The average molecular weight is 379 g/mol. The van der Waals surface area contributed by atoms with Crippen molar-refractivity contribution in [3.05, 3.63) is 58.5 Å². The van der Waals surface area contributed by atoms with Gasteiger partial charge in [-0.15, -0.1) is 0 Å². The van der Waals surface area contributed by atoms with Crippen LogP contribution in [-0.4, -0.2) is 43.7 Å². The Kier molecular flexibility index (Phi) is 5.48. The van der Waals surface area contributed by atoms with Crippen molar-refractivity contribution in [2.45, 2.75) is 6.04 Å². The van der Waals surface area contributed by atoms with E-state index in [9.17, 15) is 4.79 Å². The molecular weight excluding hydrogens is 360 g/mol. The van der Waals surface area contributed by atoms with Crippen molar-refractivity contribution in [1.29, 1.82) is 0 Å². The van der Waals surface area contributed by atoms with E-state index in [0.29, 0.717) is 25.3 Å². The van der Waals surface area contributed by atoms with Crippen molar-refractivity contribution < 1.29 is 13.9 Å². The Morgan fingerprint density at radius 3 is 2.61 bits per heavy atom. The molecule has 3 rings (SSSR count). The Hall–Kier alpha value is -1.63. The summed E-state index contributed by atoms with van der Waals surface area (Å²) in [4.78, 5) is 14.6. The van der Waals surface area contributed by atoms with Crippen LogP contribution in [0, 0.1) is 0 Å². The molecule has 1 fully saturated rings. The molecule has 0 spiro atoms. The number of hydrogen-bond donors (Lipinski definition) is 1. The van der Waals surface area contributed by atoms with Crippen molar-refractivity contribution in [2.75, 3.05) is 32.8 Å². The van der Waals surface area contributed by atoms with Crippen LogP contribution in [0.5, 0.6) is 0 Å². The van der Waals surface area contributed by atoms with Gasteiger partial charge in [-0.05, 0) is 36.4 Å². The van der Waals surface area contributed by atoms with Crippen LogP contribution in [0.25, 0.3) is 0 Å². The first-order chi connectivity index (χ1) is 11.2. The second-order valence-electron chi connectivity index (χ2n) is 5.40. The highest BCUT2D eigenvalue weighted by Gasteiger charge is 2.25. The Labute approximate surface area is 143 Å². The van der Waals surface area contributed by atoms with Crippen molar-refractivity contribution in [1.82, 2.24) is 10.2 Å². The van der Waals surface area contributed by atoms with Gasteiger partial charge < -0.3 is 14.5 Å². The van der Waals surface area contributed by atoms with Crippen LogP contribution in [0.4, 0.5) is 0 Å². The maximum atomic E-state index is 12.3. The van der Waals surface area contributed by atoms with E-state index in [0.717, 1.165) is 23.3 Å². The summed E-state index contributed by atoms with van der Waals surface area (Å²) in [5.41, 5.74) is 0.647. The van der Waals surface area contributed by atoms with Gasteiger partial charge in [0.2, 0.25) is 0 Å². The summed E-state index contributed by atoms with van der Waals surface area (Å²) < 4.78 is 11.9. The molecule has 1 amide bonds. The zero-order valence-corrected chi connectivity index (χ0v) is 14.3. The van der Waals surface area contributed by atoms with Gasteiger partial charge in [-0.3, -0.25) is 9.69 Å². The molecule has 0 saturated carbocycles. The number of ether oxygens (including phenoxy) is 1. The number of benzene rings is 1. The molecule has 2 aromatic rings. The molecule has 0 radical (unpaired) electrons. The minimum absolute atomic E-state index is 0.0216. The number of hydrogen-bond acceptors (Lipinski definition) is 4. The summed E-state index contributed by atoms with van der Waals surface area (Å²) in [5, 5.41) is 3.01. The third kappa shape index (κ3) is 4.22. The maximum Gasteiger partial charge on any atom is 0.251 e. The number of halogens is 1. The molecule has 0 unspecified atom stereocenters. The zero-order valence-electron chi connectivity index (χ0n) is 12.7. The molecule has 1 aromatic carbocycles. The smallest absolute Gasteiger partial charge is 0.251 e. The molecule has 1 aliphatic rings. The minimum Gasteiger partial charge on any atom is -0.468 e. The highest BCUT2D eigenvalue weighted by molar-refractivity contribution is 9.10. The molecule has 1 aliphatic heterocycles. The van der Waals surface area contributed by atoms with Crippen molar-refractivity contribution >= 4 is 21.8 Å². The van der Waals surface area contributed by atoms with E-state index in [1.807, 2.05) is 24.3 Å². The van der Waals surface area contributed by atoms with Crippen LogP contribution < -0.4 is 5.32 Å². The average Bonchev–Trinajstić information content (AvgIpc) is 3.11. The molecule has 0 bridgehead atoms. The van der Waals surface area contributed by atoms with E-state index in [1.165, 1.54) is 0 Å². The van der Waals surface area contributed by atoms with E-state index in [4.69, 9.17) is 9.15 Å². The molecule has 1 aromatic heterocycles. The van der Waals surface area contributed by atoms with E-state index < -0.39 is 0 Å². The number of carbonyl (C=O) groups is 1. The minimum atomic E-state index is -0.0812. The summed E-state index contributed by atoms with van der Waals surface area (Å²) in [7, 11) is 0. The van der Waals surface area contributed by atoms with Crippen LogP contribution in [-0.2, 0) is 4.74 Å². The SMILES string of the molecule is O=C(NC[C@@H](c1ccco1)N1CCOCC1)c1ccc(Br)cc1. The molecule has 23 heavy (non-hydrogen) atoms. The second-order valence-corrected chi connectivity index (χ2v) is 6.31. The number of furan rings is 1. The summed E-state index contributed by atoms with van der Waals surface area (Å²) in [5.74, 6) is 0.783. The van der Waals surface area contributed by atoms with Crippen molar-refractivity contribution in [3.8, 4) is 0 Å². The summed E-state index contributed by atoms with van der Waals surface area (Å²) >= 11 is 3.37. The van der Waals surface area contributed by atoms with E-state index >= 15 is 0 Å². The number of nitrogens with zero attached hydrogens (tertiary/aromatic N) is 1. The Morgan fingerprint density at radius 1 is 1.22 bits per heavy atom. The monoisotopic (exact) mass is 378 g/mol. The normalized spacial score (nSPS) is 16.9. The lowest BCUT2D eigenvalue weighted by Crippen LogP contribution is -2.43. The largest absolute Gasteiger partial charge is 0.468 e. The molecule has 1 saturated heterocycles. The fourth-order valence-corrected chi connectivity index (χ4v) is 2.94. The lowest BCUT2D eigenvalue weighted by molar-refractivity contribution is 0.0118. The van der Waals surface area contributed by atoms with Gasteiger partial charge in [0.1, 0.15) is 5.76 Å². The van der Waals surface area contributed by atoms with Crippen LogP contribution in [0.3, 0.4) is 0 Å². The third-order valence-electron chi connectivity index (χ3n) is 3.92. The summed E-state index contributed by atoms with van der Waals surface area (Å²) in [6.45, 7) is 3.58. The molecule has 1 atom stereocenters. The van der Waals surface area contributed by atoms with Crippen LogP contribution in [0.1, 0.15) is 22.2 Å². The molecule has 5 nitrogen and oxygen atoms in total. The Bertz CT molecular complexity index is 622.